The fourth-order valence-electron chi connectivity index (χ4n) is 2.54. The normalized spacial score (nSPS) is 10.8. The molecule has 0 atom stereocenters. The van der Waals surface area contributed by atoms with E-state index in [9.17, 15) is 9.59 Å². The van der Waals surface area contributed by atoms with Gasteiger partial charge in [-0.05, 0) is 55.5 Å². The molecule has 0 spiro atoms. The van der Waals surface area contributed by atoms with Crippen molar-refractivity contribution in [2.24, 2.45) is 5.10 Å². The van der Waals surface area contributed by atoms with Gasteiger partial charge in [-0.3, -0.25) is 4.79 Å². The van der Waals surface area contributed by atoms with Crippen molar-refractivity contribution in [2.75, 3.05) is 0 Å². The van der Waals surface area contributed by atoms with Crippen molar-refractivity contribution in [3.05, 3.63) is 97.4 Å². The van der Waals surface area contributed by atoms with E-state index >= 15 is 0 Å². The van der Waals surface area contributed by atoms with E-state index in [1.165, 1.54) is 18.3 Å². The number of rotatable bonds is 5. The van der Waals surface area contributed by atoms with E-state index in [1.54, 1.807) is 42.5 Å². The van der Waals surface area contributed by atoms with Gasteiger partial charge in [0.2, 0.25) is 0 Å². The third kappa shape index (κ3) is 5.69. The van der Waals surface area contributed by atoms with Crippen molar-refractivity contribution in [1.82, 2.24) is 5.43 Å². The first-order valence-corrected chi connectivity index (χ1v) is 10.3. The summed E-state index contributed by atoms with van der Waals surface area (Å²) >= 11 is 15.2. The summed E-state index contributed by atoms with van der Waals surface area (Å²) in [7, 11) is 0. The molecule has 0 aromatic heterocycles. The average molecular weight is 506 g/mol. The minimum absolute atomic E-state index is 0.213. The lowest BCUT2D eigenvalue weighted by atomic mass is 10.1. The summed E-state index contributed by atoms with van der Waals surface area (Å²) in [6.45, 7) is 1.89. The van der Waals surface area contributed by atoms with Crippen LogP contribution in [-0.2, 0) is 0 Å². The topological polar surface area (TPSA) is 67.8 Å². The molecule has 0 bridgehead atoms. The Morgan fingerprint density at radius 3 is 2.60 bits per heavy atom. The molecule has 0 radical (unpaired) electrons. The predicted molar refractivity (Wildman–Crippen MR) is 122 cm³/mol. The third-order valence-corrected chi connectivity index (χ3v) is 5.01. The molecule has 0 aliphatic carbocycles. The smallest absolute Gasteiger partial charge is 0.343 e. The SMILES string of the molecule is Cc1cccc(C(=O)Oc2ccc(Br)cc2/C=N/NC(=O)c2ccc(Cl)cc2Cl)c1. The van der Waals surface area contributed by atoms with Gasteiger partial charge in [0.05, 0.1) is 22.4 Å². The molecule has 1 N–H and O–H groups in total. The summed E-state index contributed by atoms with van der Waals surface area (Å²) in [6.07, 6.45) is 1.38. The van der Waals surface area contributed by atoms with Gasteiger partial charge < -0.3 is 4.74 Å². The lowest BCUT2D eigenvalue weighted by Gasteiger charge is -2.08. The summed E-state index contributed by atoms with van der Waals surface area (Å²) in [6, 6.07) is 16.7. The van der Waals surface area contributed by atoms with Gasteiger partial charge in [-0.25, -0.2) is 10.2 Å². The highest BCUT2D eigenvalue weighted by Gasteiger charge is 2.13. The number of nitrogens with zero attached hydrogens (tertiary/aromatic N) is 1. The highest BCUT2D eigenvalue weighted by molar-refractivity contribution is 9.10. The van der Waals surface area contributed by atoms with Gasteiger partial charge in [0.1, 0.15) is 5.75 Å². The largest absolute Gasteiger partial charge is 0.422 e. The first-order valence-electron chi connectivity index (χ1n) is 8.70. The Morgan fingerprint density at radius 1 is 1.07 bits per heavy atom. The van der Waals surface area contributed by atoms with Crippen molar-refractivity contribution >= 4 is 57.2 Å². The number of hydrogen-bond acceptors (Lipinski definition) is 4. The number of halogens is 3. The molecular weight excluding hydrogens is 491 g/mol. The zero-order chi connectivity index (χ0) is 21.7. The van der Waals surface area contributed by atoms with Crippen LogP contribution in [0.5, 0.6) is 5.75 Å². The number of carbonyl (C=O) groups excluding carboxylic acids is 2. The summed E-state index contributed by atoms with van der Waals surface area (Å²) in [5.74, 6) is -0.693. The summed E-state index contributed by atoms with van der Waals surface area (Å²) < 4.78 is 6.27. The Bertz CT molecular complexity index is 1150. The van der Waals surface area contributed by atoms with E-state index in [-0.39, 0.29) is 10.6 Å². The molecule has 0 aliphatic rings. The molecular formula is C22H15BrCl2N2O3. The number of aryl methyl sites for hydroxylation is 1. The molecule has 0 unspecified atom stereocenters. The molecule has 0 saturated heterocycles. The van der Waals surface area contributed by atoms with E-state index < -0.39 is 11.9 Å². The van der Waals surface area contributed by atoms with Crippen molar-refractivity contribution in [3.63, 3.8) is 0 Å². The van der Waals surface area contributed by atoms with Crippen molar-refractivity contribution in [1.29, 1.82) is 0 Å². The monoisotopic (exact) mass is 504 g/mol. The van der Waals surface area contributed by atoms with Crippen LogP contribution < -0.4 is 10.2 Å². The molecule has 30 heavy (non-hydrogen) atoms. The zero-order valence-electron chi connectivity index (χ0n) is 15.7. The molecule has 0 aliphatic heterocycles. The van der Waals surface area contributed by atoms with Crippen molar-refractivity contribution in [2.45, 2.75) is 6.92 Å². The fraction of sp³-hybridized carbons (Fsp3) is 0.0455. The minimum atomic E-state index is -0.499. The highest BCUT2D eigenvalue weighted by atomic mass is 79.9. The first-order chi connectivity index (χ1) is 14.3. The summed E-state index contributed by atoms with van der Waals surface area (Å²) in [4.78, 5) is 24.7. The van der Waals surface area contributed by atoms with E-state index in [0.29, 0.717) is 21.9 Å². The molecule has 1 amide bonds. The van der Waals surface area contributed by atoms with Crippen LogP contribution in [0.1, 0.15) is 31.8 Å². The molecule has 3 aromatic rings. The van der Waals surface area contributed by atoms with Crippen LogP contribution in [0.2, 0.25) is 10.0 Å². The Kier molecular flexibility index (Phi) is 7.26. The molecule has 3 rings (SSSR count). The second kappa shape index (κ2) is 9.89. The molecule has 0 heterocycles. The Morgan fingerprint density at radius 2 is 1.87 bits per heavy atom. The fourth-order valence-corrected chi connectivity index (χ4v) is 3.41. The van der Waals surface area contributed by atoms with E-state index in [4.69, 9.17) is 27.9 Å². The van der Waals surface area contributed by atoms with Crippen LogP contribution >= 0.6 is 39.1 Å². The van der Waals surface area contributed by atoms with E-state index in [1.807, 2.05) is 13.0 Å². The summed E-state index contributed by atoms with van der Waals surface area (Å²) in [5.41, 5.74) is 4.51. The van der Waals surface area contributed by atoms with Gasteiger partial charge in [-0.2, -0.15) is 5.10 Å². The van der Waals surface area contributed by atoms with Gasteiger partial charge >= 0.3 is 5.97 Å². The lowest BCUT2D eigenvalue weighted by molar-refractivity contribution is 0.0734. The lowest BCUT2D eigenvalue weighted by Crippen LogP contribution is -2.18. The third-order valence-electron chi connectivity index (χ3n) is 3.97. The van der Waals surface area contributed by atoms with Crippen molar-refractivity contribution < 1.29 is 14.3 Å². The molecule has 0 saturated carbocycles. The average Bonchev–Trinajstić information content (AvgIpc) is 2.69. The van der Waals surface area contributed by atoms with Crippen LogP contribution in [0.3, 0.4) is 0 Å². The summed E-state index contributed by atoms with van der Waals surface area (Å²) in [5, 5.41) is 4.59. The number of hydrazone groups is 1. The van der Waals surface area contributed by atoms with Crippen LogP contribution in [-0.4, -0.2) is 18.1 Å². The quantitative estimate of drug-likeness (QED) is 0.199. The maximum absolute atomic E-state index is 12.5. The van der Waals surface area contributed by atoms with Crippen molar-refractivity contribution in [3.8, 4) is 5.75 Å². The second-order valence-corrected chi connectivity index (χ2v) is 8.02. The van der Waals surface area contributed by atoms with E-state index in [0.717, 1.165) is 10.0 Å². The number of ether oxygens (including phenoxy) is 1. The molecule has 5 nitrogen and oxygen atoms in total. The zero-order valence-corrected chi connectivity index (χ0v) is 18.8. The Labute approximate surface area is 191 Å². The maximum Gasteiger partial charge on any atom is 0.343 e. The number of nitrogens with one attached hydrogen (secondary N) is 1. The van der Waals surface area contributed by atoms with Gasteiger partial charge in [-0.15, -0.1) is 0 Å². The van der Waals surface area contributed by atoms with Gasteiger partial charge in [0.15, 0.2) is 0 Å². The van der Waals surface area contributed by atoms with Gasteiger partial charge in [0.25, 0.3) is 5.91 Å². The number of benzene rings is 3. The van der Waals surface area contributed by atoms with Gasteiger partial charge in [0, 0.05) is 15.1 Å². The number of hydrogen-bond donors (Lipinski definition) is 1. The van der Waals surface area contributed by atoms with E-state index in [2.05, 4.69) is 26.5 Å². The molecule has 8 heteroatoms. The number of carbonyl (C=O) groups is 2. The Balaban J connectivity index is 1.76. The second-order valence-electron chi connectivity index (χ2n) is 6.26. The number of esters is 1. The predicted octanol–water partition coefficient (Wildman–Crippen LogP) is 6.05. The number of amides is 1. The minimum Gasteiger partial charge on any atom is -0.422 e. The molecule has 152 valence electrons. The highest BCUT2D eigenvalue weighted by Crippen LogP contribution is 2.23. The molecule has 0 fully saturated rings. The van der Waals surface area contributed by atoms with Crippen LogP contribution in [0.15, 0.2) is 70.2 Å². The van der Waals surface area contributed by atoms with Gasteiger partial charge in [-0.1, -0.05) is 56.8 Å². The Hall–Kier alpha value is -2.67. The van der Waals surface area contributed by atoms with Crippen LogP contribution in [0.4, 0.5) is 0 Å². The van der Waals surface area contributed by atoms with Crippen LogP contribution in [0, 0.1) is 6.92 Å². The molecule has 3 aromatic carbocycles. The maximum atomic E-state index is 12.5. The van der Waals surface area contributed by atoms with Crippen LogP contribution in [0.25, 0.3) is 0 Å². The first kappa shape index (κ1) is 22.0. The standard InChI is InChI=1S/C22H15BrCl2N2O3/c1-13-3-2-4-14(9-13)22(29)30-20-8-5-16(23)10-15(20)12-26-27-21(28)18-7-6-17(24)11-19(18)25/h2-12H,1H3,(H,27,28)/b26-12+.